The Morgan fingerprint density at radius 1 is 1.20 bits per heavy atom. The van der Waals surface area contributed by atoms with Crippen LogP contribution < -0.4 is 0 Å². The fourth-order valence-electron chi connectivity index (χ4n) is 2.86. The first-order valence-electron chi connectivity index (χ1n) is 8.40. The van der Waals surface area contributed by atoms with E-state index in [0.717, 1.165) is 27.6 Å². The summed E-state index contributed by atoms with van der Waals surface area (Å²) in [6, 6.07) is 8.77. The van der Waals surface area contributed by atoms with E-state index in [1.807, 2.05) is 0 Å². The third kappa shape index (κ3) is 4.01. The number of thioether (sulfide) groups is 1. The Labute approximate surface area is 166 Å². The van der Waals surface area contributed by atoms with Crippen LogP contribution in [0.15, 0.2) is 39.3 Å². The van der Waals surface area contributed by atoms with Crippen molar-refractivity contribution in [2.45, 2.75) is 51.1 Å². The molecule has 0 bridgehead atoms. The lowest BCUT2D eigenvalue weighted by Crippen LogP contribution is -2.05. The van der Waals surface area contributed by atoms with Gasteiger partial charge in [-0.2, -0.15) is 0 Å². The van der Waals surface area contributed by atoms with E-state index in [2.05, 4.69) is 88.0 Å². The second kappa shape index (κ2) is 8.06. The molecule has 132 valence electrons. The van der Waals surface area contributed by atoms with E-state index in [1.54, 1.807) is 23.1 Å². The van der Waals surface area contributed by atoms with Crippen LogP contribution in [-0.2, 0) is 12.2 Å². The zero-order valence-electron chi connectivity index (χ0n) is 14.9. The van der Waals surface area contributed by atoms with E-state index in [0.29, 0.717) is 6.04 Å². The van der Waals surface area contributed by atoms with Crippen molar-refractivity contribution < 1.29 is 0 Å². The third-order valence-electron chi connectivity index (χ3n) is 4.16. The number of benzene rings is 1. The standard InChI is InChI=1S/C19H22BrN3S2/c1-5-16-13(4)24-11-17(16)18-21-22-19(23(18)12(2)3)25-10-14-6-8-15(20)9-7-14/h6-9,11-12H,5,10H2,1-4H3. The van der Waals surface area contributed by atoms with E-state index in [-0.39, 0.29) is 0 Å². The molecule has 1 aromatic carbocycles. The molecule has 0 aliphatic rings. The second-order valence-electron chi connectivity index (χ2n) is 6.22. The lowest BCUT2D eigenvalue weighted by Gasteiger charge is -2.14. The van der Waals surface area contributed by atoms with Crippen LogP contribution in [0.5, 0.6) is 0 Å². The molecule has 25 heavy (non-hydrogen) atoms. The van der Waals surface area contributed by atoms with Crippen LogP contribution in [0.25, 0.3) is 11.4 Å². The summed E-state index contributed by atoms with van der Waals surface area (Å²) in [7, 11) is 0. The van der Waals surface area contributed by atoms with E-state index in [4.69, 9.17) is 0 Å². The maximum absolute atomic E-state index is 4.55. The van der Waals surface area contributed by atoms with Crippen LogP contribution in [0.2, 0.25) is 0 Å². The minimum atomic E-state index is 0.322. The minimum absolute atomic E-state index is 0.322. The average molecular weight is 436 g/mol. The number of rotatable bonds is 6. The van der Waals surface area contributed by atoms with E-state index < -0.39 is 0 Å². The molecule has 2 aromatic heterocycles. The van der Waals surface area contributed by atoms with Gasteiger partial charge in [0.15, 0.2) is 11.0 Å². The van der Waals surface area contributed by atoms with E-state index in [1.165, 1.54) is 21.6 Å². The number of hydrogen-bond donors (Lipinski definition) is 0. The molecule has 0 atom stereocenters. The summed E-state index contributed by atoms with van der Waals surface area (Å²) in [5, 5.41) is 12.3. The van der Waals surface area contributed by atoms with Gasteiger partial charge in [-0.15, -0.1) is 21.5 Å². The van der Waals surface area contributed by atoms with Crippen molar-refractivity contribution >= 4 is 39.0 Å². The zero-order valence-corrected chi connectivity index (χ0v) is 18.1. The molecule has 0 radical (unpaired) electrons. The maximum atomic E-state index is 4.55. The summed E-state index contributed by atoms with van der Waals surface area (Å²) < 4.78 is 3.37. The van der Waals surface area contributed by atoms with Gasteiger partial charge in [0.2, 0.25) is 0 Å². The van der Waals surface area contributed by atoms with Gasteiger partial charge in [0, 0.05) is 32.1 Å². The second-order valence-corrected chi connectivity index (χ2v) is 9.16. The molecule has 3 nitrogen and oxygen atoms in total. The zero-order chi connectivity index (χ0) is 18.0. The van der Waals surface area contributed by atoms with Crippen molar-refractivity contribution in [2.24, 2.45) is 0 Å². The van der Waals surface area contributed by atoms with E-state index >= 15 is 0 Å². The number of thiophene rings is 1. The van der Waals surface area contributed by atoms with Gasteiger partial charge < -0.3 is 0 Å². The van der Waals surface area contributed by atoms with Crippen molar-refractivity contribution in [1.82, 2.24) is 14.8 Å². The quantitative estimate of drug-likeness (QED) is 0.413. The molecule has 0 fully saturated rings. The molecule has 0 unspecified atom stereocenters. The molecule has 0 saturated heterocycles. The minimum Gasteiger partial charge on any atom is -0.299 e. The predicted molar refractivity (Wildman–Crippen MR) is 112 cm³/mol. The topological polar surface area (TPSA) is 30.7 Å². The van der Waals surface area contributed by atoms with Gasteiger partial charge in [-0.1, -0.05) is 46.7 Å². The molecule has 0 amide bonds. The summed E-state index contributed by atoms with van der Waals surface area (Å²) >= 11 is 7.03. The van der Waals surface area contributed by atoms with E-state index in [9.17, 15) is 0 Å². The van der Waals surface area contributed by atoms with Crippen molar-refractivity contribution in [3.63, 3.8) is 0 Å². The van der Waals surface area contributed by atoms with Crippen LogP contribution >= 0.6 is 39.0 Å². The highest BCUT2D eigenvalue weighted by molar-refractivity contribution is 9.10. The molecule has 0 N–H and O–H groups in total. The first kappa shape index (κ1) is 18.7. The van der Waals surface area contributed by atoms with Crippen LogP contribution in [0.3, 0.4) is 0 Å². The molecular formula is C19H22BrN3S2. The molecule has 3 rings (SSSR count). The highest BCUT2D eigenvalue weighted by Crippen LogP contribution is 2.35. The predicted octanol–water partition coefficient (Wildman–Crippen LogP) is 6.51. The molecule has 0 spiro atoms. The van der Waals surface area contributed by atoms with Gasteiger partial charge in [0.1, 0.15) is 0 Å². The SMILES string of the molecule is CCc1c(-c2nnc(SCc3ccc(Br)cc3)n2C(C)C)csc1C. The van der Waals surface area contributed by atoms with Crippen molar-refractivity contribution in [3.8, 4) is 11.4 Å². The summed E-state index contributed by atoms with van der Waals surface area (Å²) in [6.45, 7) is 8.78. The molecule has 0 saturated carbocycles. The highest BCUT2D eigenvalue weighted by atomic mass is 79.9. The van der Waals surface area contributed by atoms with Gasteiger partial charge in [0.05, 0.1) is 0 Å². The van der Waals surface area contributed by atoms with Gasteiger partial charge >= 0.3 is 0 Å². The molecule has 0 aliphatic heterocycles. The van der Waals surface area contributed by atoms with Gasteiger partial charge in [-0.05, 0) is 50.5 Å². The molecule has 0 aliphatic carbocycles. The molecule has 6 heteroatoms. The Bertz CT molecular complexity index is 850. The number of aryl methyl sites for hydroxylation is 1. The highest BCUT2D eigenvalue weighted by Gasteiger charge is 2.20. The van der Waals surface area contributed by atoms with Crippen LogP contribution in [-0.4, -0.2) is 14.8 Å². The van der Waals surface area contributed by atoms with Gasteiger partial charge in [0.25, 0.3) is 0 Å². The van der Waals surface area contributed by atoms with Crippen molar-refractivity contribution in [3.05, 3.63) is 50.1 Å². The summed E-state index contributed by atoms with van der Waals surface area (Å²) in [4.78, 5) is 1.37. The molecular weight excluding hydrogens is 414 g/mol. The number of halogens is 1. The fourth-order valence-corrected chi connectivity index (χ4v) is 5.09. The number of hydrogen-bond acceptors (Lipinski definition) is 4. The number of aromatic nitrogens is 3. The maximum Gasteiger partial charge on any atom is 0.192 e. The smallest absolute Gasteiger partial charge is 0.192 e. The van der Waals surface area contributed by atoms with Crippen molar-refractivity contribution in [2.75, 3.05) is 0 Å². The number of nitrogens with zero attached hydrogens (tertiary/aromatic N) is 3. The van der Waals surface area contributed by atoms with Gasteiger partial charge in [-0.25, -0.2) is 0 Å². The Morgan fingerprint density at radius 3 is 2.56 bits per heavy atom. The first-order valence-corrected chi connectivity index (χ1v) is 11.1. The van der Waals surface area contributed by atoms with Crippen LogP contribution in [0.1, 0.15) is 42.8 Å². The van der Waals surface area contributed by atoms with Gasteiger partial charge in [-0.3, -0.25) is 4.57 Å². The normalized spacial score (nSPS) is 11.4. The summed E-state index contributed by atoms with van der Waals surface area (Å²) in [5.74, 6) is 1.89. The largest absolute Gasteiger partial charge is 0.299 e. The fraction of sp³-hybridized carbons (Fsp3) is 0.368. The Kier molecular flexibility index (Phi) is 6.02. The monoisotopic (exact) mass is 435 g/mol. The first-order chi connectivity index (χ1) is 12.0. The lowest BCUT2D eigenvalue weighted by molar-refractivity contribution is 0.555. The summed E-state index contributed by atoms with van der Waals surface area (Å²) in [6.07, 6.45) is 1.02. The Morgan fingerprint density at radius 2 is 1.92 bits per heavy atom. The Balaban J connectivity index is 1.90. The summed E-state index contributed by atoms with van der Waals surface area (Å²) in [5.41, 5.74) is 3.92. The molecule has 3 aromatic rings. The van der Waals surface area contributed by atoms with Crippen molar-refractivity contribution in [1.29, 1.82) is 0 Å². The lowest BCUT2D eigenvalue weighted by atomic mass is 10.1. The Hall–Kier alpha value is -1.11. The van der Waals surface area contributed by atoms with Crippen LogP contribution in [0, 0.1) is 6.92 Å². The average Bonchev–Trinajstić information content (AvgIpc) is 3.17. The third-order valence-corrected chi connectivity index (χ3v) is 6.66. The molecule has 2 heterocycles. The van der Waals surface area contributed by atoms with Crippen LogP contribution in [0.4, 0.5) is 0 Å².